The summed E-state index contributed by atoms with van der Waals surface area (Å²) in [7, 11) is 3.78. The summed E-state index contributed by atoms with van der Waals surface area (Å²) in [5.74, 6) is 0.803. The molecule has 0 saturated heterocycles. The molecule has 0 aliphatic carbocycles. The van der Waals surface area contributed by atoms with Crippen molar-refractivity contribution in [3.8, 4) is 5.88 Å². The first kappa shape index (κ1) is 7.91. The van der Waals surface area contributed by atoms with Gasteiger partial charge in [-0.05, 0) is 12.1 Å². The fourth-order valence-electron chi connectivity index (χ4n) is 1.32. The van der Waals surface area contributed by atoms with Crippen LogP contribution in [0.4, 0.5) is 5.95 Å². The van der Waals surface area contributed by atoms with Crippen molar-refractivity contribution >= 4 is 11.5 Å². The van der Waals surface area contributed by atoms with Gasteiger partial charge in [0, 0.05) is 20.3 Å². The number of fused-ring (bicyclic) bond motifs is 1. The van der Waals surface area contributed by atoms with Crippen LogP contribution in [0.5, 0.6) is 5.88 Å². The number of nitrogens with zero attached hydrogens (tertiary/aromatic N) is 3. The van der Waals surface area contributed by atoms with Crippen molar-refractivity contribution in [3.05, 3.63) is 24.4 Å². The Hall–Kier alpha value is -1.71. The van der Waals surface area contributed by atoms with Crippen LogP contribution in [0.1, 0.15) is 0 Å². The molecule has 0 aliphatic heterocycles. The molecule has 2 aromatic heterocycles. The number of hydrogen-bond donors (Lipinski definition) is 1. The standard InChI is InChI=1S/C9H11N3O/c1-11(2)9-10-8(13)7-5-3-4-6-12(7)9/h3-6,13H,1-2H3. The van der Waals surface area contributed by atoms with Gasteiger partial charge in [0.1, 0.15) is 5.52 Å². The highest BCUT2D eigenvalue weighted by molar-refractivity contribution is 5.61. The molecule has 0 atom stereocenters. The molecule has 0 bridgehead atoms. The van der Waals surface area contributed by atoms with Gasteiger partial charge in [-0.1, -0.05) is 6.07 Å². The van der Waals surface area contributed by atoms with Crippen LogP contribution < -0.4 is 4.90 Å². The smallest absolute Gasteiger partial charge is 0.239 e. The van der Waals surface area contributed by atoms with E-state index in [9.17, 15) is 5.11 Å². The lowest BCUT2D eigenvalue weighted by molar-refractivity contribution is 0.462. The molecule has 1 N–H and O–H groups in total. The quantitative estimate of drug-likeness (QED) is 0.709. The molecule has 0 fully saturated rings. The molecule has 0 unspecified atom stereocenters. The first-order valence-corrected chi connectivity index (χ1v) is 4.03. The number of imidazole rings is 1. The van der Waals surface area contributed by atoms with Gasteiger partial charge in [-0.25, -0.2) is 0 Å². The Labute approximate surface area is 76.1 Å². The maximum absolute atomic E-state index is 9.48. The van der Waals surface area contributed by atoms with Crippen LogP contribution in [0.3, 0.4) is 0 Å². The van der Waals surface area contributed by atoms with Crippen LogP contribution in [-0.4, -0.2) is 28.6 Å². The van der Waals surface area contributed by atoms with Gasteiger partial charge in [-0.3, -0.25) is 4.40 Å². The van der Waals surface area contributed by atoms with E-state index >= 15 is 0 Å². The summed E-state index contributed by atoms with van der Waals surface area (Å²) in [5.41, 5.74) is 0.728. The summed E-state index contributed by atoms with van der Waals surface area (Å²) < 4.78 is 1.84. The van der Waals surface area contributed by atoms with E-state index in [1.165, 1.54) is 0 Å². The number of pyridine rings is 1. The van der Waals surface area contributed by atoms with Gasteiger partial charge in [0.2, 0.25) is 11.8 Å². The molecule has 2 heterocycles. The first-order chi connectivity index (χ1) is 6.20. The molecule has 0 aromatic carbocycles. The van der Waals surface area contributed by atoms with Crippen molar-refractivity contribution < 1.29 is 5.11 Å². The van der Waals surface area contributed by atoms with E-state index in [4.69, 9.17) is 0 Å². The third-order valence-corrected chi connectivity index (χ3v) is 1.91. The van der Waals surface area contributed by atoms with E-state index in [2.05, 4.69) is 4.98 Å². The van der Waals surface area contributed by atoms with Gasteiger partial charge in [0.25, 0.3) is 0 Å². The van der Waals surface area contributed by atoms with Crippen LogP contribution in [0.25, 0.3) is 5.52 Å². The van der Waals surface area contributed by atoms with Crippen LogP contribution in [0.15, 0.2) is 24.4 Å². The highest BCUT2D eigenvalue weighted by Crippen LogP contribution is 2.22. The average Bonchev–Trinajstić information content (AvgIpc) is 2.45. The second-order valence-electron chi connectivity index (χ2n) is 3.09. The van der Waals surface area contributed by atoms with E-state index in [0.29, 0.717) is 0 Å². The Morgan fingerprint density at radius 2 is 2.15 bits per heavy atom. The summed E-state index contributed by atoms with van der Waals surface area (Å²) >= 11 is 0. The molecular weight excluding hydrogens is 166 g/mol. The van der Waals surface area contributed by atoms with Crippen molar-refractivity contribution in [2.45, 2.75) is 0 Å². The van der Waals surface area contributed by atoms with Crippen LogP contribution >= 0.6 is 0 Å². The molecule has 0 aliphatic rings. The fraction of sp³-hybridized carbons (Fsp3) is 0.222. The molecule has 0 saturated carbocycles. The third-order valence-electron chi connectivity index (χ3n) is 1.91. The maximum atomic E-state index is 9.48. The number of aromatic hydroxyl groups is 1. The Morgan fingerprint density at radius 3 is 2.85 bits per heavy atom. The van der Waals surface area contributed by atoms with Gasteiger partial charge >= 0.3 is 0 Å². The van der Waals surface area contributed by atoms with Crippen LogP contribution in [0, 0.1) is 0 Å². The molecule has 13 heavy (non-hydrogen) atoms. The Kier molecular flexibility index (Phi) is 1.62. The van der Waals surface area contributed by atoms with Gasteiger partial charge < -0.3 is 10.0 Å². The largest absolute Gasteiger partial charge is 0.492 e. The van der Waals surface area contributed by atoms with Crippen LogP contribution in [0.2, 0.25) is 0 Å². The van der Waals surface area contributed by atoms with E-state index < -0.39 is 0 Å². The van der Waals surface area contributed by atoms with Gasteiger partial charge in [0.15, 0.2) is 0 Å². The minimum Gasteiger partial charge on any atom is -0.492 e. The number of anilines is 1. The summed E-state index contributed by atoms with van der Waals surface area (Å²) in [6.07, 6.45) is 1.87. The molecule has 2 aromatic rings. The number of hydrogen-bond acceptors (Lipinski definition) is 3. The van der Waals surface area contributed by atoms with Crippen molar-refractivity contribution in [2.24, 2.45) is 0 Å². The predicted molar refractivity (Wildman–Crippen MR) is 51.2 cm³/mol. The van der Waals surface area contributed by atoms with Crippen molar-refractivity contribution in [1.29, 1.82) is 0 Å². The Morgan fingerprint density at radius 1 is 1.38 bits per heavy atom. The van der Waals surface area contributed by atoms with Gasteiger partial charge in [0.05, 0.1) is 0 Å². The summed E-state index contributed by atoms with van der Waals surface area (Å²) in [4.78, 5) is 5.89. The van der Waals surface area contributed by atoms with Crippen molar-refractivity contribution in [1.82, 2.24) is 9.38 Å². The second kappa shape index (κ2) is 2.65. The zero-order chi connectivity index (χ0) is 9.42. The Balaban J connectivity index is 2.78. The predicted octanol–water partition coefficient (Wildman–Crippen LogP) is 1.11. The Bertz CT molecular complexity index is 433. The maximum Gasteiger partial charge on any atom is 0.239 e. The fourth-order valence-corrected chi connectivity index (χ4v) is 1.32. The minimum atomic E-state index is 0.0734. The summed E-state index contributed by atoms with van der Waals surface area (Å²) in [5, 5.41) is 9.48. The molecule has 0 spiro atoms. The van der Waals surface area contributed by atoms with Crippen molar-refractivity contribution in [2.75, 3.05) is 19.0 Å². The van der Waals surface area contributed by atoms with E-state index in [1.54, 1.807) is 0 Å². The molecular formula is C9H11N3O. The summed E-state index contributed by atoms with van der Waals surface area (Å²) in [6, 6.07) is 5.60. The van der Waals surface area contributed by atoms with Crippen molar-refractivity contribution in [3.63, 3.8) is 0 Å². The van der Waals surface area contributed by atoms with E-state index in [-0.39, 0.29) is 5.88 Å². The van der Waals surface area contributed by atoms with Gasteiger partial charge in [-0.15, -0.1) is 0 Å². The lowest BCUT2D eigenvalue weighted by Gasteiger charge is -2.08. The molecule has 2 rings (SSSR count). The lowest BCUT2D eigenvalue weighted by Crippen LogP contribution is -2.12. The normalized spacial score (nSPS) is 10.6. The lowest BCUT2D eigenvalue weighted by atomic mass is 10.4. The minimum absolute atomic E-state index is 0.0734. The average molecular weight is 177 g/mol. The van der Waals surface area contributed by atoms with E-state index in [1.807, 2.05) is 47.8 Å². The molecule has 4 heteroatoms. The van der Waals surface area contributed by atoms with Crippen LogP contribution in [-0.2, 0) is 0 Å². The first-order valence-electron chi connectivity index (χ1n) is 4.03. The molecule has 0 amide bonds. The monoisotopic (exact) mass is 177 g/mol. The molecule has 0 radical (unpaired) electrons. The SMILES string of the molecule is CN(C)c1nc(O)c2ccccn12. The topological polar surface area (TPSA) is 40.8 Å². The summed E-state index contributed by atoms with van der Waals surface area (Å²) in [6.45, 7) is 0. The third kappa shape index (κ3) is 1.11. The second-order valence-corrected chi connectivity index (χ2v) is 3.09. The highest BCUT2D eigenvalue weighted by atomic mass is 16.3. The highest BCUT2D eigenvalue weighted by Gasteiger charge is 2.09. The van der Waals surface area contributed by atoms with Gasteiger partial charge in [-0.2, -0.15) is 4.98 Å². The number of rotatable bonds is 1. The van der Waals surface area contributed by atoms with E-state index in [0.717, 1.165) is 11.5 Å². The zero-order valence-corrected chi connectivity index (χ0v) is 7.60. The molecule has 68 valence electrons. The molecule has 4 nitrogen and oxygen atoms in total. The number of aromatic nitrogens is 2. The zero-order valence-electron chi connectivity index (χ0n) is 7.60.